The molecule has 0 bridgehead atoms. The first-order valence-corrected chi connectivity index (χ1v) is 5.70. The molecule has 2 N–H and O–H groups in total. The quantitative estimate of drug-likeness (QED) is 0.802. The zero-order valence-corrected chi connectivity index (χ0v) is 9.06. The number of pyridine rings is 1. The molecule has 1 saturated heterocycles. The molecule has 0 spiro atoms. The van der Waals surface area contributed by atoms with Crippen molar-refractivity contribution in [1.29, 1.82) is 0 Å². The van der Waals surface area contributed by atoms with Gasteiger partial charge in [-0.15, -0.1) is 0 Å². The van der Waals surface area contributed by atoms with Gasteiger partial charge in [0.25, 0.3) is 0 Å². The smallest absolute Gasteiger partial charge is 0.139 e. The lowest BCUT2D eigenvalue weighted by Gasteiger charge is -2.25. The van der Waals surface area contributed by atoms with Gasteiger partial charge < -0.3 is 15.0 Å². The maximum absolute atomic E-state index is 9.36. The Morgan fingerprint density at radius 1 is 1.50 bits per heavy atom. The molecule has 84 valence electrons. The summed E-state index contributed by atoms with van der Waals surface area (Å²) in [5.74, 6) is 0. The van der Waals surface area contributed by atoms with E-state index in [2.05, 4.69) is 14.9 Å². The fourth-order valence-electron chi connectivity index (χ4n) is 2.54. The molecule has 1 fully saturated rings. The van der Waals surface area contributed by atoms with Gasteiger partial charge in [0.15, 0.2) is 0 Å². The van der Waals surface area contributed by atoms with Gasteiger partial charge in [-0.05, 0) is 25.0 Å². The maximum Gasteiger partial charge on any atom is 0.139 e. The largest absolute Gasteiger partial charge is 0.394 e. The van der Waals surface area contributed by atoms with Crippen molar-refractivity contribution in [3.8, 4) is 0 Å². The molecule has 3 rings (SSSR count). The number of hydrogen-bond acceptors (Lipinski definition) is 3. The summed E-state index contributed by atoms with van der Waals surface area (Å²) in [4.78, 5) is 9.68. The average Bonchev–Trinajstić information content (AvgIpc) is 2.96. The number of nitrogens with zero attached hydrogens (tertiary/aromatic N) is 2. The van der Waals surface area contributed by atoms with Gasteiger partial charge in [-0.25, -0.2) is 4.98 Å². The van der Waals surface area contributed by atoms with E-state index in [-0.39, 0.29) is 12.6 Å². The lowest BCUT2D eigenvalue weighted by Crippen LogP contribution is -2.32. The Balaban J connectivity index is 2.07. The van der Waals surface area contributed by atoms with Crippen molar-refractivity contribution in [3.63, 3.8) is 0 Å². The fourth-order valence-corrected chi connectivity index (χ4v) is 2.54. The summed E-state index contributed by atoms with van der Waals surface area (Å²) in [6, 6.07) is 4.34. The number of aromatic amines is 1. The number of H-pyrrole nitrogens is 1. The molecule has 4 nitrogen and oxygen atoms in total. The Kier molecular flexibility index (Phi) is 2.29. The second kappa shape index (κ2) is 3.79. The molecule has 0 amide bonds. The highest BCUT2D eigenvalue weighted by Crippen LogP contribution is 2.30. The van der Waals surface area contributed by atoms with Crippen molar-refractivity contribution in [1.82, 2.24) is 9.97 Å². The molecule has 0 radical (unpaired) electrons. The van der Waals surface area contributed by atoms with Crippen LogP contribution in [0.3, 0.4) is 0 Å². The number of aliphatic hydroxyl groups excluding tert-OH is 1. The average molecular weight is 217 g/mol. The van der Waals surface area contributed by atoms with Crippen molar-refractivity contribution < 1.29 is 5.11 Å². The van der Waals surface area contributed by atoms with E-state index < -0.39 is 0 Å². The van der Waals surface area contributed by atoms with Crippen LogP contribution in [0.1, 0.15) is 12.8 Å². The van der Waals surface area contributed by atoms with E-state index in [9.17, 15) is 5.11 Å². The van der Waals surface area contributed by atoms with Crippen LogP contribution in [0.15, 0.2) is 24.5 Å². The maximum atomic E-state index is 9.36. The summed E-state index contributed by atoms with van der Waals surface area (Å²) < 4.78 is 0. The molecule has 0 unspecified atom stereocenters. The monoisotopic (exact) mass is 217 g/mol. The van der Waals surface area contributed by atoms with Crippen LogP contribution in [0.5, 0.6) is 0 Å². The highest BCUT2D eigenvalue weighted by Gasteiger charge is 2.25. The summed E-state index contributed by atoms with van der Waals surface area (Å²) in [6.07, 6.45) is 5.95. The summed E-state index contributed by atoms with van der Waals surface area (Å²) in [7, 11) is 0. The molecule has 0 saturated carbocycles. The van der Waals surface area contributed by atoms with Gasteiger partial charge in [0.1, 0.15) is 5.65 Å². The van der Waals surface area contributed by atoms with Crippen LogP contribution in [0.4, 0.5) is 5.69 Å². The Bertz CT molecular complexity index is 494. The molecule has 0 aromatic carbocycles. The normalized spacial score (nSPS) is 20.8. The molecule has 0 aliphatic carbocycles. The SMILES string of the molecule is OC[C@H]1CCCN1c1ccnc2[nH]ccc12. The molecular weight excluding hydrogens is 202 g/mol. The first-order valence-electron chi connectivity index (χ1n) is 5.70. The van der Waals surface area contributed by atoms with Crippen molar-refractivity contribution >= 4 is 16.7 Å². The second-order valence-corrected chi connectivity index (χ2v) is 4.24. The number of aromatic nitrogens is 2. The minimum atomic E-state index is 0.230. The number of hydrogen-bond donors (Lipinski definition) is 2. The molecule has 1 aliphatic rings. The van der Waals surface area contributed by atoms with E-state index in [1.54, 1.807) is 0 Å². The van der Waals surface area contributed by atoms with E-state index >= 15 is 0 Å². The Hall–Kier alpha value is -1.55. The van der Waals surface area contributed by atoms with Gasteiger partial charge in [0.05, 0.1) is 12.6 Å². The van der Waals surface area contributed by atoms with Gasteiger partial charge in [-0.1, -0.05) is 0 Å². The van der Waals surface area contributed by atoms with E-state index in [1.807, 2.05) is 24.5 Å². The lowest BCUT2D eigenvalue weighted by molar-refractivity contribution is 0.266. The molecule has 1 atom stereocenters. The molecular formula is C12H15N3O. The van der Waals surface area contributed by atoms with E-state index in [0.717, 1.165) is 30.4 Å². The highest BCUT2D eigenvalue weighted by atomic mass is 16.3. The number of anilines is 1. The predicted molar refractivity (Wildman–Crippen MR) is 63.5 cm³/mol. The van der Waals surface area contributed by atoms with Crippen molar-refractivity contribution in [2.45, 2.75) is 18.9 Å². The van der Waals surface area contributed by atoms with Crippen molar-refractivity contribution in [3.05, 3.63) is 24.5 Å². The minimum Gasteiger partial charge on any atom is -0.394 e. The molecule has 2 aromatic heterocycles. The molecule has 1 aliphatic heterocycles. The number of nitrogens with one attached hydrogen (secondary N) is 1. The number of fused-ring (bicyclic) bond motifs is 1. The van der Waals surface area contributed by atoms with Crippen molar-refractivity contribution in [2.24, 2.45) is 0 Å². The third-order valence-corrected chi connectivity index (χ3v) is 3.33. The fraction of sp³-hybridized carbons (Fsp3) is 0.417. The van der Waals surface area contributed by atoms with E-state index in [1.165, 1.54) is 5.69 Å². The summed E-state index contributed by atoms with van der Waals surface area (Å²) in [5.41, 5.74) is 2.10. The third kappa shape index (κ3) is 1.38. The lowest BCUT2D eigenvalue weighted by atomic mass is 10.2. The second-order valence-electron chi connectivity index (χ2n) is 4.24. The van der Waals surface area contributed by atoms with E-state index in [0.29, 0.717) is 0 Å². The highest BCUT2D eigenvalue weighted by molar-refractivity contribution is 5.89. The predicted octanol–water partition coefficient (Wildman–Crippen LogP) is 1.52. The van der Waals surface area contributed by atoms with Gasteiger partial charge >= 0.3 is 0 Å². The standard InChI is InChI=1S/C12H15N3O/c16-8-9-2-1-7-15(9)11-4-6-14-12-10(11)3-5-13-12/h3-6,9,16H,1-2,7-8H2,(H,13,14)/t9-/m1/s1. The van der Waals surface area contributed by atoms with Crippen LogP contribution in [0.2, 0.25) is 0 Å². The first-order chi connectivity index (χ1) is 7.90. The first kappa shape index (κ1) is 9.66. The molecule has 16 heavy (non-hydrogen) atoms. The molecule has 2 aromatic rings. The van der Waals surface area contributed by atoms with Crippen LogP contribution in [0.25, 0.3) is 11.0 Å². The Labute approximate surface area is 93.9 Å². The summed E-state index contributed by atoms with van der Waals surface area (Å²) in [5, 5.41) is 10.5. The topological polar surface area (TPSA) is 52.1 Å². The Morgan fingerprint density at radius 3 is 3.31 bits per heavy atom. The van der Waals surface area contributed by atoms with Gasteiger partial charge in [0, 0.05) is 30.0 Å². The zero-order chi connectivity index (χ0) is 11.0. The minimum absolute atomic E-state index is 0.230. The van der Waals surface area contributed by atoms with Crippen LogP contribution < -0.4 is 4.90 Å². The number of rotatable bonds is 2. The van der Waals surface area contributed by atoms with Crippen LogP contribution in [-0.2, 0) is 0 Å². The molecule has 4 heteroatoms. The van der Waals surface area contributed by atoms with Crippen LogP contribution >= 0.6 is 0 Å². The summed E-state index contributed by atoms with van der Waals surface area (Å²) in [6.45, 7) is 1.25. The van der Waals surface area contributed by atoms with Crippen LogP contribution in [-0.4, -0.2) is 34.3 Å². The molecule has 3 heterocycles. The number of aliphatic hydroxyl groups is 1. The van der Waals surface area contributed by atoms with Crippen LogP contribution in [0, 0.1) is 0 Å². The van der Waals surface area contributed by atoms with Gasteiger partial charge in [0.2, 0.25) is 0 Å². The Morgan fingerprint density at radius 2 is 2.44 bits per heavy atom. The van der Waals surface area contributed by atoms with E-state index in [4.69, 9.17) is 0 Å². The third-order valence-electron chi connectivity index (χ3n) is 3.33. The zero-order valence-electron chi connectivity index (χ0n) is 9.06. The van der Waals surface area contributed by atoms with Gasteiger partial charge in [-0.3, -0.25) is 0 Å². The summed E-state index contributed by atoms with van der Waals surface area (Å²) >= 11 is 0. The van der Waals surface area contributed by atoms with Gasteiger partial charge in [-0.2, -0.15) is 0 Å². The van der Waals surface area contributed by atoms with Crippen molar-refractivity contribution in [2.75, 3.05) is 18.1 Å².